The van der Waals surface area contributed by atoms with E-state index in [1.165, 1.54) is 0 Å². The maximum absolute atomic E-state index is 12.7. The molecule has 2 aliphatic rings. The van der Waals surface area contributed by atoms with Crippen molar-refractivity contribution in [2.24, 2.45) is 5.73 Å². The van der Waals surface area contributed by atoms with Crippen molar-refractivity contribution in [2.75, 3.05) is 6.61 Å². The Morgan fingerprint density at radius 1 is 0.969 bits per heavy atom. The van der Waals surface area contributed by atoms with Gasteiger partial charge < -0.3 is 19.9 Å². The molecule has 2 aromatic carbocycles. The minimum absolute atomic E-state index is 0.0254. The number of carbonyl (C=O) groups is 4. The van der Waals surface area contributed by atoms with Gasteiger partial charge in [-0.3, -0.25) is 25.0 Å². The molecule has 0 bridgehead atoms. The molecule has 10 heteroatoms. The zero-order valence-electron chi connectivity index (χ0n) is 17.0. The van der Waals surface area contributed by atoms with E-state index in [9.17, 15) is 19.2 Å². The standard InChI is InChI=1S/C22H21N3O7/c23-18(26)13-3-5-14(6-4-13)31-15-7-9-16(10-8-15)32-22(12-17-2-1-11-30-17)19(27)24-21(29)25-20(22)28/h3-10,17H,1-2,11-12H2,(H2,23,26)(H2,24,25,27,28,29). The normalized spacial score (nSPS) is 19.8. The summed E-state index contributed by atoms with van der Waals surface area (Å²) in [6, 6.07) is 11.7. The summed E-state index contributed by atoms with van der Waals surface area (Å²) in [4.78, 5) is 48.1. The Morgan fingerprint density at radius 3 is 2.06 bits per heavy atom. The highest BCUT2D eigenvalue weighted by molar-refractivity contribution is 6.21. The lowest BCUT2D eigenvalue weighted by molar-refractivity contribution is -0.154. The van der Waals surface area contributed by atoms with E-state index in [1.54, 1.807) is 48.5 Å². The van der Waals surface area contributed by atoms with Gasteiger partial charge in [0.2, 0.25) is 5.91 Å². The SMILES string of the molecule is NC(=O)c1ccc(Oc2ccc(OC3(CC4CCCO4)C(=O)NC(=O)NC3=O)cc2)cc1. The number of rotatable bonds is 7. The number of hydrogen-bond acceptors (Lipinski definition) is 7. The first-order chi connectivity index (χ1) is 15.4. The van der Waals surface area contributed by atoms with Crippen molar-refractivity contribution in [2.45, 2.75) is 31.0 Å². The lowest BCUT2D eigenvalue weighted by Gasteiger charge is -2.35. The summed E-state index contributed by atoms with van der Waals surface area (Å²) in [5, 5.41) is 4.21. The lowest BCUT2D eigenvalue weighted by atomic mass is 9.91. The Labute approximate surface area is 183 Å². The van der Waals surface area contributed by atoms with Gasteiger partial charge >= 0.3 is 6.03 Å². The van der Waals surface area contributed by atoms with Crippen molar-refractivity contribution in [1.29, 1.82) is 0 Å². The molecule has 0 aromatic heterocycles. The molecular formula is C22H21N3O7. The number of nitrogens with two attached hydrogens (primary N) is 1. The van der Waals surface area contributed by atoms with Gasteiger partial charge in [-0.05, 0) is 61.4 Å². The summed E-state index contributed by atoms with van der Waals surface area (Å²) < 4.78 is 17.2. The second-order valence-corrected chi connectivity index (χ2v) is 7.47. The van der Waals surface area contributed by atoms with Crippen LogP contribution in [0, 0.1) is 0 Å². The minimum atomic E-state index is -1.93. The van der Waals surface area contributed by atoms with Gasteiger partial charge in [0, 0.05) is 18.6 Å². The zero-order valence-corrected chi connectivity index (χ0v) is 17.0. The van der Waals surface area contributed by atoms with Crippen molar-refractivity contribution in [1.82, 2.24) is 10.6 Å². The van der Waals surface area contributed by atoms with E-state index in [0.29, 0.717) is 30.1 Å². The van der Waals surface area contributed by atoms with Crippen LogP contribution in [0.5, 0.6) is 17.2 Å². The maximum Gasteiger partial charge on any atom is 0.328 e. The molecule has 4 rings (SSSR count). The lowest BCUT2D eigenvalue weighted by Crippen LogP contribution is -2.69. The van der Waals surface area contributed by atoms with E-state index in [-0.39, 0.29) is 18.3 Å². The zero-order chi connectivity index (χ0) is 22.7. The van der Waals surface area contributed by atoms with Gasteiger partial charge in [-0.2, -0.15) is 0 Å². The van der Waals surface area contributed by atoms with Gasteiger partial charge in [0.1, 0.15) is 17.2 Å². The second-order valence-electron chi connectivity index (χ2n) is 7.47. The van der Waals surface area contributed by atoms with Crippen LogP contribution in [0.2, 0.25) is 0 Å². The van der Waals surface area contributed by atoms with Gasteiger partial charge in [-0.25, -0.2) is 4.79 Å². The Hall–Kier alpha value is -3.92. The van der Waals surface area contributed by atoms with E-state index in [4.69, 9.17) is 19.9 Å². The van der Waals surface area contributed by atoms with E-state index in [2.05, 4.69) is 10.6 Å². The largest absolute Gasteiger partial charge is 0.467 e. The molecule has 2 heterocycles. The minimum Gasteiger partial charge on any atom is -0.467 e. The van der Waals surface area contributed by atoms with Crippen LogP contribution in [0.3, 0.4) is 0 Å². The summed E-state index contributed by atoms with van der Waals surface area (Å²) in [5.41, 5.74) is 3.65. The van der Waals surface area contributed by atoms with Crippen LogP contribution in [-0.4, -0.2) is 42.1 Å². The molecule has 1 unspecified atom stereocenters. The average Bonchev–Trinajstić information content (AvgIpc) is 3.26. The molecule has 166 valence electrons. The van der Waals surface area contributed by atoms with Crippen LogP contribution in [0.25, 0.3) is 0 Å². The molecule has 32 heavy (non-hydrogen) atoms. The third-order valence-corrected chi connectivity index (χ3v) is 5.22. The molecule has 0 aliphatic carbocycles. The molecule has 0 radical (unpaired) electrons. The third kappa shape index (κ3) is 4.40. The highest BCUT2D eigenvalue weighted by Gasteiger charge is 2.54. The summed E-state index contributed by atoms with van der Waals surface area (Å²) in [5.74, 6) is -1.02. The molecule has 5 amide bonds. The number of hydrogen-bond donors (Lipinski definition) is 3. The third-order valence-electron chi connectivity index (χ3n) is 5.22. The Bertz CT molecular complexity index is 1020. The van der Waals surface area contributed by atoms with Crippen molar-refractivity contribution in [3.05, 3.63) is 54.1 Å². The van der Waals surface area contributed by atoms with Crippen LogP contribution < -0.4 is 25.8 Å². The molecule has 0 spiro atoms. The smallest absolute Gasteiger partial charge is 0.328 e. The fourth-order valence-electron chi connectivity index (χ4n) is 3.59. The van der Waals surface area contributed by atoms with Gasteiger partial charge in [-0.1, -0.05) is 0 Å². The summed E-state index contributed by atoms with van der Waals surface area (Å²) >= 11 is 0. The molecule has 2 aliphatic heterocycles. The molecular weight excluding hydrogens is 418 g/mol. The highest BCUT2D eigenvalue weighted by Crippen LogP contribution is 2.31. The van der Waals surface area contributed by atoms with Crippen LogP contribution in [0.15, 0.2) is 48.5 Å². The van der Waals surface area contributed by atoms with E-state index < -0.39 is 29.4 Å². The fourth-order valence-corrected chi connectivity index (χ4v) is 3.59. The van der Waals surface area contributed by atoms with Crippen LogP contribution in [-0.2, 0) is 14.3 Å². The highest BCUT2D eigenvalue weighted by atomic mass is 16.5. The fraction of sp³-hybridized carbons (Fsp3) is 0.273. The van der Waals surface area contributed by atoms with Crippen LogP contribution in [0.1, 0.15) is 29.6 Å². The number of urea groups is 1. The molecule has 4 N–H and O–H groups in total. The quantitative estimate of drug-likeness (QED) is 0.556. The van der Waals surface area contributed by atoms with Gasteiger partial charge in [0.05, 0.1) is 6.10 Å². The number of amides is 5. The van der Waals surface area contributed by atoms with E-state index in [1.807, 2.05) is 0 Å². The molecule has 2 aromatic rings. The summed E-state index contributed by atoms with van der Waals surface area (Å²) in [6.07, 6.45) is 1.13. The average molecular weight is 439 g/mol. The molecule has 10 nitrogen and oxygen atoms in total. The number of nitrogens with one attached hydrogen (secondary N) is 2. The van der Waals surface area contributed by atoms with Crippen LogP contribution in [0.4, 0.5) is 4.79 Å². The summed E-state index contributed by atoms with van der Waals surface area (Å²) in [6.45, 7) is 0.537. The second kappa shape index (κ2) is 8.67. The van der Waals surface area contributed by atoms with Crippen molar-refractivity contribution >= 4 is 23.8 Å². The number of barbiturate groups is 1. The molecule has 1 atom stereocenters. The first kappa shape index (κ1) is 21.3. The van der Waals surface area contributed by atoms with Gasteiger partial charge in [0.25, 0.3) is 17.4 Å². The monoisotopic (exact) mass is 439 g/mol. The predicted molar refractivity (Wildman–Crippen MR) is 110 cm³/mol. The Morgan fingerprint density at radius 2 is 1.53 bits per heavy atom. The van der Waals surface area contributed by atoms with Crippen LogP contribution >= 0.6 is 0 Å². The van der Waals surface area contributed by atoms with Crippen molar-refractivity contribution in [3.8, 4) is 17.2 Å². The maximum atomic E-state index is 12.7. The van der Waals surface area contributed by atoms with Gasteiger partial charge in [0.15, 0.2) is 0 Å². The number of ether oxygens (including phenoxy) is 3. The van der Waals surface area contributed by atoms with Gasteiger partial charge in [-0.15, -0.1) is 0 Å². The van der Waals surface area contributed by atoms with Crippen molar-refractivity contribution < 1.29 is 33.4 Å². The number of primary amides is 1. The number of benzene rings is 2. The molecule has 0 saturated carbocycles. The van der Waals surface area contributed by atoms with Crippen molar-refractivity contribution in [3.63, 3.8) is 0 Å². The van der Waals surface area contributed by atoms with E-state index >= 15 is 0 Å². The number of carbonyl (C=O) groups excluding carboxylic acids is 4. The summed E-state index contributed by atoms with van der Waals surface area (Å²) in [7, 11) is 0. The first-order valence-electron chi connectivity index (χ1n) is 10.0. The Kier molecular flexibility index (Phi) is 5.78. The Balaban J connectivity index is 1.51. The number of imide groups is 2. The van der Waals surface area contributed by atoms with E-state index in [0.717, 1.165) is 6.42 Å². The topological polar surface area (TPSA) is 146 Å². The molecule has 2 fully saturated rings. The first-order valence-corrected chi connectivity index (χ1v) is 10.0. The molecule has 2 saturated heterocycles. The predicted octanol–water partition coefficient (Wildman–Crippen LogP) is 1.63.